The zero-order valence-corrected chi connectivity index (χ0v) is 19.0. The fourth-order valence-electron chi connectivity index (χ4n) is 2.80. The molecule has 0 saturated carbocycles. The molecule has 0 aliphatic carbocycles. The molecule has 0 aromatic carbocycles. The first-order chi connectivity index (χ1) is 13.0. The van der Waals surface area contributed by atoms with E-state index in [1.165, 1.54) is 16.9 Å². The van der Waals surface area contributed by atoms with Crippen LogP contribution in [0, 0.1) is 0 Å². The van der Waals surface area contributed by atoms with Crippen molar-refractivity contribution >= 4 is 40.0 Å². The Morgan fingerprint density at radius 2 is 2.07 bits per heavy atom. The molecule has 1 N–H and O–H groups in total. The number of piperazine rings is 1. The van der Waals surface area contributed by atoms with Crippen LogP contribution in [0.2, 0.25) is 0 Å². The van der Waals surface area contributed by atoms with E-state index in [1.54, 1.807) is 10.7 Å². The third-order valence-electron chi connectivity index (χ3n) is 4.26. The number of nitrogens with zero attached hydrogens (tertiary/aromatic N) is 7. The molecule has 1 fully saturated rings. The standard InChI is InChI=1S/C15H24N8O3S.HI/c1-3-16-15(17-10-14-18-12-19-21(14)2)22-5-7-23(8-6-22)27(24,25)11-13-4-9-26-20-13;/h4,9,12H,3,5-8,10-11H2,1-2H3,(H,16,17);1H. The number of rotatable bonds is 6. The highest BCUT2D eigenvalue weighted by Gasteiger charge is 2.29. The highest BCUT2D eigenvalue weighted by Crippen LogP contribution is 2.13. The van der Waals surface area contributed by atoms with Crippen molar-refractivity contribution in [3.05, 3.63) is 30.2 Å². The summed E-state index contributed by atoms with van der Waals surface area (Å²) in [4.78, 5) is 10.8. The first-order valence-corrected chi connectivity index (χ1v) is 10.3. The monoisotopic (exact) mass is 524 g/mol. The molecule has 2 aromatic heterocycles. The lowest BCUT2D eigenvalue weighted by Crippen LogP contribution is -2.53. The second-order valence-electron chi connectivity index (χ2n) is 6.10. The number of guanidine groups is 1. The molecule has 0 spiro atoms. The Balaban J connectivity index is 0.00000280. The topological polar surface area (TPSA) is 122 Å². The normalized spacial score (nSPS) is 16.1. The van der Waals surface area contributed by atoms with Crippen LogP contribution in [0.1, 0.15) is 18.4 Å². The second-order valence-corrected chi connectivity index (χ2v) is 8.07. The van der Waals surface area contributed by atoms with Crippen LogP contribution in [-0.4, -0.2) is 76.2 Å². The van der Waals surface area contributed by atoms with Crippen LogP contribution >= 0.6 is 24.0 Å². The summed E-state index contributed by atoms with van der Waals surface area (Å²) in [5, 5.41) is 11.0. The van der Waals surface area contributed by atoms with E-state index in [0.717, 1.165) is 18.3 Å². The van der Waals surface area contributed by atoms with Crippen LogP contribution in [-0.2, 0) is 29.4 Å². The first kappa shape index (κ1) is 22.5. The van der Waals surface area contributed by atoms with Crippen molar-refractivity contribution in [1.82, 2.24) is 34.4 Å². The van der Waals surface area contributed by atoms with Gasteiger partial charge >= 0.3 is 0 Å². The van der Waals surface area contributed by atoms with Crippen LogP contribution in [0.3, 0.4) is 0 Å². The summed E-state index contributed by atoms with van der Waals surface area (Å²) >= 11 is 0. The van der Waals surface area contributed by atoms with Gasteiger partial charge < -0.3 is 14.7 Å². The lowest BCUT2D eigenvalue weighted by atomic mass is 10.4. The largest absolute Gasteiger partial charge is 0.364 e. The lowest BCUT2D eigenvalue weighted by molar-refractivity contribution is 0.259. The number of hydrogen-bond donors (Lipinski definition) is 1. The molecule has 13 heteroatoms. The molecule has 2 aromatic rings. The van der Waals surface area contributed by atoms with E-state index in [1.807, 2.05) is 14.0 Å². The minimum Gasteiger partial charge on any atom is -0.364 e. The third kappa shape index (κ3) is 5.64. The van der Waals surface area contributed by atoms with E-state index in [-0.39, 0.29) is 29.7 Å². The van der Waals surface area contributed by atoms with Gasteiger partial charge in [-0.15, -0.1) is 24.0 Å². The van der Waals surface area contributed by atoms with E-state index < -0.39 is 10.0 Å². The van der Waals surface area contributed by atoms with Gasteiger partial charge in [-0.2, -0.15) is 9.40 Å². The molecule has 0 bridgehead atoms. The minimum absolute atomic E-state index is 0. The van der Waals surface area contributed by atoms with Crippen LogP contribution in [0.4, 0.5) is 0 Å². The Morgan fingerprint density at radius 3 is 2.64 bits per heavy atom. The molecule has 0 unspecified atom stereocenters. The highest BCUT2D eigenvalue weighted by molar-refractivity contribution is 14.0. The molecular formula is C15H25IN8O3S. The smallest absolute Gasteiger partial charge is 0.220 e. The number of hydrogen-bond acceptors (Lipinski definition) is 7. The Morgan fingerprint density at radius 1 is 1.32 bits per heavy atom. The van der Waals surface area contributed by atoms with Crippen molar-refractivity contribution in [2.45, 2.75) is 19.2 Å². The summed E-state index contributed by atoms with van der Waals surface area (Å²) in [6, 6.07) is 1.57. The van der Waals surface area contributed by atoms with Crippen molar-refractivity contribution in [3.8, 4) is 0 Å². The van der Waals surface area contributed by atoms with Crippen molar-refractivity contribution in [2.24, 2.45) is 12.0 Å². The minimum atomic E-state index is -3.42. The van der Waals surface area contributed by atoms with Crippen molar-refractivity contribution in [2.75, 3.05) is 32.7 Å². The predicted molar refractivity (Wildman–Crippen MR) is 114 cm³/mol. The van der Waals surface area contributed by atoms with Gasteiger partial charge in [-0.3, -0.25) is 4.68 Å². The molecule has 0 atom stereocenters. The molecule has 28 heavy (non-hydrogen) atoms. The van der Waals surface area contributed by atoms with Crippen molar-refractivity contribution < 1.29 is 12.9 Å². The van der Waals surface area contributed by atoms with E-state index >= 15 is 0 Å². The first-order valence-electron chi connectivity index (χ1n) is 8.73. The van der Waals surface area contributed by atoms with Gasteiger partial charge in [0.05, 0.1) is 5.69 Å². The molecule has 0 amide bonds. The third-order valence-corrected chi connectivity index (χ3v) is 6.08. The number of aliphatic imine (C=N–C) groups is 1. The van der Waals surface area contributed by atoms with Gasteiger partial charge in [-0.05, 0) is 6.92 Å². The van der Waals surface area contributed by atoms with E-state index in [9.17, 15) is 8.42 Å². The SMILES string of the molecule is CCNC(=NCc1ncnn1C)N1CCN(S(=O)(=O)Cc2ccon2)CC1.I. The van der Waals surface area contributed by atoms with Gasteiger partial charge in [0, 0.05) is 45.8 Å². The maximum atomic E-state index is 12.5. The number of aromatic nitrogens is 4. The van der Waals surface area contributed by atoms with E-state index in [0.29, 0.717) is 38.4 Å². The van der Waals surface area contributed by atoms with Crippen LogP contribution in [0.25, 0.3) is 0 Å². The number of aryl methyl sites for hydroxylation is 1. The Hall–Kier alpha value is -1.74. The second kappa shape index (κ2) is 10.2. The van der Waals surface area contributed by atoms with Gasteiger partial charge in [0.25, 0.3) is 0 Å². The van der Waals surface area contributed by atoms with Crippen molar-refractivity contribution in [1.29, 1.82) is 0 Å². The maximum Gasteiger partial charge on any atom is 0.220 e. The summed E-state index contributed by atoms with van der Waals surface area (Å²) < 4.78 is 33.0. The van der Waals surface area contributed by atoms with Gasteiger partial charge in [-0.25, -0.2) is 18.4 Å². The fourth-order valence-corrected chi connectivity index (χ4v) is 4.23. The Kier molecular flexibility index (Phi) is 8.18. The van der Waals surface area contributed by atoms with Crippen LogP contribution in [0.5, 0.6) is 0 Å². The lowest BCUT2D eigenvalue weighted by Gasteiger charge is -2.35. The molecule has 3 heterocycles. The quantitative estimate of drug-likeness (QED) is 0.319. The summed E-state index contributed by atoms with van der Waals surface area (Å²) in [6.07, 6.45) is 2.87. The Bertz CT molecular complexity index is 860. The van der Waals surface area contributed by atoms with Gasteiger partial charge in [-0.1, -0.05) is 5.16 Å². The van der Waals surface area contributed by atoms with E-state index in [4.69, 9.17) is 4.52 Å². The Labute approximate surface area is 181 Å². The fraction of sp³-hybridized carbons (Fsp3) is 0.600. The molecule has 3 rings (SSSR count). The van der Waals surface area contributed by atoms with Crippen molar-refractivity contribution in [3.63, 3.8) is 0 Å². The molecule has 1 aliphatic heterocycles. The summed E-state index contributed by atoms with van der Waals surface area (Å²) in [5.74, 6) is 1.36. The zero-order valence-electron chi connectivity index (χ0n) is 15.9. The molecule has 1 aliphatic rings. The average molecular weight is 524 g/mol. The highest BCUT2D eigenvalue weighted by atomic mass is 127. The van der Waals surface area contributed by atoms with Gasteiger partial charge in [0.1, 0.15) is 30.7 Å². The number of sulfonamides is 1. The molecule has 156 valence electrons. The van der Waals surface area contributed by atoms with Crippen LogP contribution in [0.15, 0.2) is 28.2 Å². The van der Waals surface area contributed by atoms with Gasteiger partial charge in [0.15, 0.2) is 5.96 Å². The molecule has 1 saturated heterocycles. The molecular weight excluding hydrogens is 499 g/mol. The number of nitrogens with one attached hydrogen (secondary N) is 1. The predicted octanol–water partition coefficient (Wildman–Crippen LogP) is 0.0342. The van der Waals surface area contributed by atoms with Crippen LogP contribution < -0.4 is 5.32 Å². The molecule has 11 nitrogen and oxygen atoms in total. The maximum absolute atomic E-state index is 12.5. The average Bonchev–Trinajstić information content (AvgIpc) is 3.30. The summed E-state index contributed by atoms with van der Waals surface area (Å²) in [5.41, 5.74) is 0.413. The number of halogens is 1. The molecule has 0 radical (unpaired) electrons. The zero-order chi connectivity index (χ0) is 19.3. The summed E-state index contributed by atoms with van der Waals surface area (Å²) in [7, 11) is -1.60. The van der Waals surface area contributed by atoms with E-state index in [2.05, 4.69) is 30.4 Å². The van der Waals surface area contributed by atoms with Gasteiger partial charge in [0.2, 0.25) is 10.0 Å². The summed E-state index contributed by atoms with van der Waals surface area (Å²) in [6.45, 7) is 5.04.